The highest BCUT2D eigenvalue weighted by Crippen LogP contribution is 2.43. The molecular weight excluding hydrogens is 290 g/mol. The van der Waals surface area contributed by atoms with E-state index in [0.29, 0.717) is 6.54 Å². The van der Waals surface area contributed by atoms with Crippen molar-refractivity contribution in [1.82, 2.24) is 4.90 Å². The van der Waals surface area contributed by atoms with Gasteiger partial charge in [-0.2, -0.15) is 4.99 Å². The summed E-state index contributed by atoms with van der Waals surface area (Å²) >= 11 is 0. The minimum Gasteiger partial charge on any atom is -0.320 e. The summed E-state index contributed by atoms with van der Waals surface area (Å²) in [4.78, 5) is 31.3. The molecule has 1 aromatic carbocycles. The van der Waals surface area contributed by atoms with E-state index in [1.807, 2.05) is 47.9 Å². The molecule has 0 unspecified atom stereocenters. The monoisotopic (exact) mass is 313 g/mol. The molecule has 3 rings (SSSR count). The number of amides is 2. The molecule has 23 heavy (non-hydrogen) atoms. The highest BCUT2D eigenvalue weighted by atomic mass is 16.2. The van der Waals surface area contributed by atoms with Crippen LogP contribution in [-0.2, 0) is 10.3 Å². The normalized spacial score (nSPS) is 20.2. The third-order valence-corrected chi connectivity index (χ3v) is 5.05. The van der Waals surface area contributed by atoms with E-state index in [1.54, 1.807) is 6.08 Å². The molecule has 5 heteroatoms. The first-order chi connectivity index (χ1) is 11.1. The van der Waals surface area contributed by atoms with Crippen molar-refractivity contribution in [3.8, 4) is 0 Å². The van der Waals surface area contributed by atoms with Gasteiger partial charge in [-0.25, -0.2) is 9.59 Å². The van der Waals surface area contributed by atoms with Crippen molar-refractivity contribution < 1.29 is 9.59 Å². The molecule has 1 aliphatic carbocycles. The zero-order valence-electron chi connectivity index (χ0n) is 13.8. The summed E-state index contributed by atoms with van der Waals surface area (Å²) in [5, 5.41) is 0. The Balaban J connectivity index is 1.92. The molecule has 1 aromatic rings. The maximum Gasteiger partial charge on any atom is 0.324 e. The van der Waals surface area contributed by atoms with Gasteiger partial charge in [-0.1, -0.05) is 25.0 Å². The molecule has 1 aliphatic heterocycles. The molecule has 2 aliphatic rings. The van der Waals surface area contributed by atoms with Crippen LogP contribution in [0.4, 0.5) is 10.5 Å². The Morgan fingerprint density at radius 1 is 1.22 bits per heavy atom. The second kappa shape index (κ2) is 6.17. The summed E-state index contributed by atoms with van der Waals surface area (Å²) in [6.45, 7) is 5.51. The number of benzene rings is 1. The fourth-order valence-corrected chi connectivity index (χ4v) is 3.75. The van der Waals surface area contributed by atoms with Crippen molar-refractivity contribution in [3.05, 3.63) is 29.8 Å². The van der Waals surface area contributed by atoms with E-state index in [1.165, 1.54) is 0 Å². The summed E-state index contributed by atoms with van der Waals surface area (Å²) in [6, 6.07) is 8.20. The Labute approximate surface area is 137 Å². The first-order valence-electron chi connectivity index (χ1n) is 8.35. The highest BCUT2D eigenvalue weighted by Gasteiger charge is 2.37. The molecule has 122 valence electrons. The summed E-state index contributed by atoms with van der Waals surface area (Å²) in [7, 11) is 0. The Kier molecular flexibility index (Phi) is 4.22. The summed E-state index contributed by atoms with van der Waals surface area (Å²) in [6.07, 6.45) is 5.64. The first kappa shape index (κ1) is 15.8. The SMILES string of the molecule is CC(C)N1CCN(c2cccc(C3(N=C=O)CCCC3)c2)C1=O. The number of hydrogen-bond donors (Lipinski definition) is 0. The van der Waals surface area contributed by atoms with Crippen LogP contribution < -0.4 is 4.90 Å². The van der Waals surface area contributed by atoms with Gasteiger partial charge >= 0.3 is 6.03 Å². The van der Waals surface area contributed by atoms with Gasteiger partial charge in [0.2, 0.25) is 6.08 Å². The number of carbonyl (C=O) groups excluding carboxylic acids is 2. The lowest BCUT2D eigenvalue weighted by Crippen LogP contribution is -2.36. The van der Waals surface area contributed by atoms with Crippen LogP contribution in [0, 0.1) is 0 Å². The summed E-state index contributed by atoms with van der Waals surface area (Å²) in [5.41, 5.74) is 1.47. The quantitative estimate of drug-likeness (QED) is 0.631. The molecule has 2 fully saturated rings. The predicted octanol–water partition coefficient (Wildman–Crippen LogP) is 3.44. The highest BCUT2D eigenvalue weighted by molar-refractivity contribution is 5.94. The molecule has 0 atom stereocenters. The third kappa shape index (κ3) is 2.77. The number of isocyanates is 1. The minimum absolute atomic E-state index is 0.0523. The maximum absolute atomic E-state index is 12.6. The number of nitrogens with zero attached hydrogens (tertiary/aromatic N) is 3. The van der Waals surface area contributed by atoms with Crippen LogP contribution in [0.5, 0.6) is 0 Å². The van der Waals surface area contributed by atoms with Gasteiger partial charge < -0.3 is 4.90 Å². The van der Waals surface area contributed by atoms with Crippen LogP contribution in [0.15, 0.2) is 29.3 Å². The molecule has 2 amide bonds. The zero-order valence-corrected chi connectivity index (χ0v) is 13.8. The standard InChI is InChI=1S/C18H23N3O2/c1-14(2)20-10-11-21(17(20)23)16-7-5-6-15(12-16)18(19-13-22)8-3-4-9-18/h5-7,12,14H,3-4,8-11H2,1-2H3. The van der Waals surface area contributed by atoms with Gasteiger partial charge in [0.25, 0.3) is 0 Å². The zero-order chi connectivity index (χ0) is 16.4. The van der Waals surface area contributed by atoms with Gasteiger partial charge in [0, 0.05) is 24.8 Å². The van der Waals surface area contributed by atoms with Gasteiger partial charge in [0.1, 0.15) is 0 Å². The number of hydrogen-bond acceptors (Lipinski definition) is 3. The molecule has 0 N–H and O–H groups in total. The van der Waals surface area contributed by atoms with Crippen molar-refractivity contribution in [1.29, 1.82) is 0 Å². The Morgan fingerprint density at radius 3 is 2.57 bits per heavy atom. The van der Waals surface area contributed by atoms with Crippen molar-refractivity contribution in [2.24, 2.45) is 4.99 Å². The van der Waals surface area contributed by atoms with Crippen LogP contribution in [0.25, 0.3) is 0 Å². The minimum atomic E-state index is -0.446. The van der Waals surface area contributed by atoms with E-state index in [4.69, 9.17) is 0 Å². The van der Waals surface area contributed by atoms with Crippen LogP contribution in [0.3, 0.4) is 0 Å². The molecule has 0 radical (unpaired) electrons. The van der Waals surface area contributed by atoms with Crippen LogP contribution in [0.1, 0.15) is 45.1 Å². The van der Waals surface area contributed by atoms with E-state index in [9.17, 15) is 9.59 Å². The lowest BCUT2D eigenvalue weighted by atomic mass is 9.88. The van der Waals surface area contributed by atoms with E-state index < -0.39 is 5.54 Å². The third-order valence-electron chi connectivity index (χ3n) is 5.05. The molecule has 1 heterocycles. The Morgan fingerprint density at radius 2 is 1.96 bits per heavy atom. The van der Waals surface area contributed by atoms with Crippen molar-refractivity contribution in [2.45, 2.75) is 51.1 Å². The smallest absolute Gasteiger partial charge is 0.320 e. The number of anilines is 1. The van der Waals surface area contributed by atoms with E-state index in [-0.39, 0.29) is 12.1 Å². The number of urea groups is 1. The van der Waals surface area contributed by atoms with E-state index >= 15 is 0 Å². The second-order valence-corrected chi connectivity index (χ2v) is 6.71. The van der Waals surface area contributed by atoms with E-state index in [0.717, 1.165) is 43.5 Å². The predicted molar refractivity (Wildman–Crippen MR) is 89.3 cm³/mol. The van der Waals surface area contributed by atoms with Crippen LogP contribution in [-0.4, -0.2) is 36.1 Å². The van der Waals surface area contributed by atoms with Gasteiger partial charge in [-0.3, -0.25) is 4.90 Å². The molecule has 5 nitrogen and oxygen atoms in total. The topological polar surface area (TPSA) is 53.0 Å². The van der Waals surface area contributed by atoms with Crippen molar-refractivity contribution >= 4 is 17.8 Å². The Hall–Kier alpha value is -2.13. The number of carbonyl (C=O) groups is 1. The van der Waals surface area contributed by atoms with Gasteiger partial charge in [-0.05, 0) is 44.4 Å². The molecule has 0 spiro atoms. The average Bonchev–Trinajstić information content (AvgIpc) is 3.15. The lowest BCUT2D eigenvalue weighted by Gasteiger charge is -2.25. The van der Waals surface area contributed by atoms with Gasteiger partial charge in [0.15, 0.2) is 0 Å². The maximum atomic E-state index is 12.6. The average molecular weight is 313 g/mol. The van der Waals surface area contributed by atoms with Crippen LogP contribution in [0.2, 0.25) is 0 Å². The fourth-order valence-electron chi connectivity index (χ4n) is 3.75. The second-order valence-electron chi connectivity index (χ2n) is 6.71. The van der Waals surface area contributed by atoms with Crippen molar-refractivity contribution in [3.63, 3.8) is 0 Å². The largest absolute Gasteiger partial charge is 0.324 e. The van der Waals surface area contributed by atoms with Crippen LogP contribution >= 0.6 is 0 Å². The van der Waals surface area contributed by atoms with E-state index in [2.05, 4.69) is 4.99 Å². The molecular formula is C18H23N3O2. The molecule has 1 saturated carbocycles. The summed E-state index contributed by atoms with van der Waals surface area (Å²) < 4.78 is 0. The van der Waals surface area contributed by atoms with Gasteiger partial charge in [-0.15, -0.1) is 0 Å². The summed E-state index contributed by atoms with van der Waals surface area (Å²) in [5.74, 6) is 0. The van der Waals surface area contributed by atoms with Crippen molar-refractivity contribution in [2.75, 3.05) is 18.0 Å². The first-order valence-corrected chi connectivity index (χ1v) is 8.35. The fraction of sp³-hybridized carbons (Fsp3) is 0.556. The molecule has 0 aromatic heterocycles. The van der Waals surface area contributed by atoms with Gasteiger partial charge in [0.05, 0.1) is 5.54 Å². The lowest BCUT2D eigenvalue weighted by molar-refractivity contribution is 0.209. The molecule has 1 saturated heterocycles. The molecule has 0 bridgehead atoms. The Bertz CT molecular complexity index is 643. The number of rotatable bonds is 4. The number of aliphatic imine (C=N–C) groups is 1.